The number of para-hydroxylation sites is 1. The Bertz CT molecular complexity index is 1320. The van der Waals surface area contributed by atoms with Crippen molar-refractivity contribution in [3.8, 4) is 0 Å². The molecule has 0 saturated carbocycles. The van der Waals surface area contributed by atoms with Crippen molar-refractivity contribution >= 4 is 43.5 Å². The van der Waals surface area contributed by atoms with Gasteiger partial charge in [-0.05, 0) is 43.7 Å². The third kappa shape index (κ3) is 2.93. The van der Waals surface area contributed by atoms with Crippen molar-refractivity contribution in [2.75, 3.05) is 5.32 Å². The predicted octanol–water partition coefficient (Wildman–Crippen LogP) is 2.88. The maximum absolute atomic E-state index is 12.6. The van der Waals surface area contributed by atoms with Crippen molar-refractivity contribution in [1.82, 2.24) is 14.5 Å². The first-order chi connectivity index (χ1) is 13.0. The molecule has 0 aliphatic rings. The number of carbonyl (C=O) groups is 1. The predicted molar refractivity (Wildman–Crippen MR) is 107 cm³/mol. The fourth-order valence-electron chi connectivity index (χ4n) is 2.99. The van der Waals surface area contributed by atoms with Crippen LogP contribution in [0.25, 0.3) is 21.1 Å². The van der Waals surface area contributed by atoms with Crippen LogP contribution in [0.1, 0.15) is 22.8 Å². The van der Waals surface area contributed by atoms with Crippen LogP contribution >= 0.6 is 11.3 Å². The van der Waals surface area contributed by atoms with Crippen LogP contribution in [0.2, 0.25) is 0 Å². The quantitative estimate of drug-likeness (QED) is 0.571. The standard InChI is InChI=1S/C19H16N4O3S/c1-3-23-17(25)12-8-7-11(9-13(12)20-19(23)26)16(24)22-18-21-15-10(2)5-4-6-14(15)27-18/h4-9H,3H2,1-2H3,(H,20,26)(H,21,22,24). The molecular weight excluding hydrogens is 364 g/mol. The van der Waals surface area contributed by atoms with Crippen LogP contribution in [0.15, 0.2) is 46.0 Å². The van der Waals surface area contributed by atoms with Gasteiger partial charge in [0, 0.05) is 12.1 Å². The van der Waals surface area contributed by atoms with E-state index in [0.717, 1.165) is 20.3 Å². The molecular formula is C19H16N4O3S. The van der Waals surface area contributed by atoms with Crippen LogP contribution in [-0.4, -0.2) is 20.4 Å². The Kier molecular flexibility index (Phi) is 4.12. The molecule has 2 heterocycles. The minimum absolute atomic E-state index is 0.281. The van der Waals surface area contributed by atoms with Crippen molar-refractivity contribution in [2.45, 2.75) is 20.4 Å². The summed E-state index contributed by atoms with van der Waals surface area (Å²) in [5.41, 5.74) is 1.71. The number of aryl methyl sites for hydroxylation is 1. The first kappa shape index (κ1) is 17.2. The molecule has 27 heavy (non-hydrogen) atoms. The molecule has 4 rings (SSSR count). The number of hydrogen-bond donors (Lipinski definition) is 2. The highest BCUT2D eigenvalue weighted by atomic mass is 32.1. The molecule has 0 atom stereocenters. The van der Waals surface area contributed by atoms with E-state index < -0.39 is 5.69 Å². The van der Waals surface area contributed by atoms with Crippen LogP contribution in [-0.2, 0) is 6.54 Å². The molecule has 8 heteroatoms. The van der Waals surface area contributed by atoms with Gasteiger partial charge in [-0.3, -0.25) is 19.5 Å². The van der Waals surface area contributed by atoms with Gasteiger partial charge in [0.05, 0.1) is 21.1 Å². The van der Waals surface area contributed by atoms with Crippen molar-refractivity contribution in [1.29, 1.82) is 0 Å². The summed E-state index contributed by atoms with van der Waals surface area (Å²) >= 11 is 1.39. The van der Waals surface area contributed by atoms with Crippen LogP contribution < -0.4 is 16.6 Å². The Balaban J connectivity index is 1.70. The second-order valence-electron chi connectivity index (χ2n) is 6.13. The van der Waals surface area contributed by atoms with E-state index in [0.29, 0.717) is 21.6 Å². The molecule has 136 valence electrons. The van der Waals surface area contributed by atoms with E-state index in [9.17, 15) is 14.4 Å². The molecule has 2 aromatic carbocycles. The van der Waals surface area contributed by atoms with E-state index in [2.05, 4.69) is 15.3 Å². The van der Waals surface area contributed by atoms with E-state index in [-0.39, 0.29) is 18.0 Å². The van der Waals surface area contributed by atoms with Gasteiger partial charge in [0.1, 0.15) is 0 Å². The Morgan fingerprint density at radius 1 is 1.26 bits per heavy atom. The Morgan fingerprint density at radius 3 is 2.81 bits per heavy atom. The van der Waals surface area contributed by atoms with Crippen molar-refractivity contribution in [2.24, 2.45) is 0 Å². The number of aromatic nitrogens is 3. The first-order valence-corrected chi connectivity index (χ1v) is 9.24. The molecule has 0 radical (unpaired) electrons. The summed E-state index contributed by atoms with van der Waals surface area (Å²) in [6.45, 7) is 3.98. The van der Waals surface area contributed by atoms with Gasteiger partial charge in [-0.15, -0.1) is 0 Å². The van der Waals surface area contributed by atoms with Gasteiger partial charge in [0.15, 0.2) is 5.13 Å². The highest BCUT2D eigenvalue weighted by molar-refractivity contribution is 7.22. The molecule has 0 unspecified atom stereocenters. The van der Waals surface area contributed by atoms with E-state index in [4.69, 9.17) is 0 Å². The molecule has 2 N–H and O–H groups in total. The van der Waals surface area contributed by atoms with E-state index in [1.165, 1.54) is 17.4 Å². The van der Waals surface area contributed by atoms with E-state index in [1.807, 2.05) is 25.1 Å². The Morgan fingerprint density at radius 2 is 2.07 bits per heavy atom. The van der Waals surface area contributed by atoms with Crippen molar-refractivity contribution in [3.63, 3.8) is 0 Å². The highest BCUT2D eigenvalue weighted by Crippen LogP contribution is 2.28. The SMILES string of the molecule is CCn1c(=O)[nH]c2cc(C(=O)Nc3nc4c(C)cccc4s3)ccc2c1=O. The lowest BCUT2D eigenvalue weighted by Gasteiger charge is -2.06. The molecule has 1 amide bonds. The maximum atomic E-state index is 12.6. The average molecular weight is 380 g/mol. The number of nitrogens with one attached hydrogen (secondary N) is 2. The fraction of sp³-hybridized carbons (Fsp3) is 0.158. The number of nitrogens with zero attached hydrogens (tertiary/aromatic N) is 2. The van der Waals surface area contributed by atoms with Crippen LogP contribution in [0.4, 0.5) is 5.13 Å². The number of benzene rings is 2. The zero-order chi connectivity index (χ0) is 19.1. The number of fused-ring (bicyclic) bond motifs is 2. The molecule has 2 aromatic heterocycles. The monoisotopic (exact) mass is 380 g/mol. The molecule has 0 bridgehead atoms. The third-order valence-corrected chi connectivity index (χ3v) is 5.34. The average Bonchev–Trinajstić information content (AvgIpc) is 3.05. The number of rotatable bonds is 3. The zero-order valence-electron chi connectivity index (χ0n) is 14.7. The van der Waals surface area contributed by atoms with Crippen LogP contribution in [0, 0.1) is 6.92 Å². The number of amides is 1. The summed E-state index contributed by atoms with van der Waals surface area (Å²) in [7, 11) is 0. The van der Waals surface area contributed by atoms with Gasteiger partial charge in [0.2, 0.25) is 0 Å². The van der Waals surface area contributed by atoms with Gasteiger partial charge in [0.25, 0.3) is 11.5 Å². The lowest BCUT2D eigenvalue weighted by atomic mass is 10.1. The zero-order valence-corrected chi connectivity index (χ0v) is 15.5. The summed E-state index contributed by atoms with van der Waals surface area (Å²) < 4.78 is 2.11. The normalized spacial score (nSPS) is 11.2. The van der Waals surface area contributed by atoms with Gasteiger partial charge in [-0.25, -0.2) is 9.78 Å². The topological polar surface area (TPSA) is 96.8 Å². The number of anilines is 1. The molecule has 0 saturated heterocycles. The summed E-state index contributed by atoms with van der Waals surface area (Å²) in [5.74, 6) is -0.353. The van der Waals surface area contributed by atoms with Crippen LogP contribution in [0.5, 0.6) is 0 Å². The number of thiazole rings is 1. The lowest BCUT2D eigenvalue weighted by Crippen LogP contribution is -2.34. The Hall–Kier alpha value is -3.26. The first-order valence-electron chi connectivity index (χ1n) is 8.42. The summed E-state index contributed by atoms with van der Waals surface area (Å²) in [5, 5.41) is 3.65. The minimum atomic E-state index is -0.491. The minimum Gasteiger partial charge on any atom is -0.307 e. The van der Waals surface area contributed by atoms with Gasteiger partial charge in [-0.1, -0.05) is 23.5 Å². The second kappa shape index (κ2) is 6.48. The van der Waals surface area contributed by atoms with E-state index >= 15 is 0 Å². The third-order valence-electron chi connectivity index (χ3n) is 4.40. The number of aromatic amines is 1. The van der Waals surface area contributed by atoms with Gasteiger partial charge >= 0.3 is 5.69 Å². The van der Waals surface area contributed by atoms with Gasteiger partial charge < -0.3 is 4.98 Å². The highest BCUT2D eigenvalue weighted by Gasteiger charge is 2.13. The number of H-pyrrole nitrogens is 1. The molecule has 0 spiro atoms. The smallest absolute Gasteiger partial charge is 0.307 e. The second-order valence-corrected chi connectivity index (χ2v) is 7.17. The molecule has 0 aliphatic carbocycles. The summed E-state index contributed by atoms with van der Waals surface area (Å²) in [4.78, 5) is 44.0. The molecule has 0 aliphatic heterocycles. The lowest BCUT2D eigenvalue weighted by molar-refractivity contribution is 0.102. The van der Waals surface area contributed by atoms with Crippen LogP contribution in [0.3, 0.4) is 0 Å². The summed E-state index contributed by atoms with van der Waals surface area (Å²) in [6.07, 6.45) is 0. The van der Waals surface area contributed by atoms with Crippen molar-refractivity contribution < 1.29 is 4.79 Å². The molecule has 0 fully saturated rings. The fourth-order valence-corrected chi connectivity index (χ4v) is 3.93. The Labute approximate surface area is 157 Å². The number of carbonyl (C=O) groups excluding carboxylic acids is 1. The summed E-state index contributed by atoms with van der Waals surface area (Å²) in [6, 6.07) is 10.5. The molecule has 4 aromatic rings. The van der Waals surface area contributed by atoms with E-state index in [1.54, 1.807) is 19.1 Å². The van der Waals surface area contributed by atoms with Crippen molar-refractivity contribution in [3.05, 3.63) is 68.4 Å². The van der Waals surface area contributed by atoms with Gasteiger partial charge in [-0.2, -0.15) is 0 Å². The number of hydrogen-bond acceptors (Lipinski definition) is 5. The maximum Gasteiger partial charge on any atom is 0.328 e. The largest absolute Gasteiger partial charge is 0.328 e. The molecule has 7 nitrogen and oxygen atoms in total.